The maximum absolute atomic E-state index is 14.2. The summed E-state index contributed by atoms with van der Waals surface area (Å²) < 4.78 is 14.7. The molecule has 0 unspecified atom stereocenters. The molecule has 0 saturated heterocycles. The Bertz CT molecular complexity index is 623. The highest BCUT2D eigenvalue weighted by Crippen LogP contribution is 2.29. The van der Waals surface area contributed by atoms with Gasteiger partial charge < -0.3 is 4.98 Å². The molecule has 0 atom stereocenters. The van der Waals surface area contributed by atoms with Crippen molar-refractivity contribution in [2.24, 2.45) is 0 Å². The lowest BCUT2D eigenvalue weighted by Gasteiger charge is -2.12. The summed E-state index contributed by atoms with van der Waals surface area (Å²) in [5.41, 5.74) is 4.04. The smallest absolute Gasteiger partial charge is 0.133 e. The molecule has 0 fully saturated rings. The third kappa shape index (κ3) is 2.20. The third-order valence-electron chi connectivity index (χ3n) is 2.99. The molecule has 1 aromatic carbocycles. The number of aromatic amines is 1. The molecule has 1 aromatic heterocycles. The van der Waals surface area contributed by atoms with Crippen molar-refractivity contribution in [1.29, 1.82) is 0 Å². The molecular formula is C14H15FN2S. The number of H-pyrrole nitrogens is 1. The molecule has 0 aliphatic rings. The molecule has 2 rings (SSSR count). The zero-order valence-electron chi connectivity index (χ0n) is 10.7. The quantitative estimate of drug-likeness (QED) is 0.825. The molecule has 1 N–H and O–H groups in total. The van der Waals surface area contributed by atoms with Gasteiger partial charge >= 0.3 is 0 Å². The Hall–Kier alpha value is -1.55. The molecule has 0 amide bonds. The van der Waals surface area contributed by atoms with Crippen molar-refractivity contribution in [3.8, 4) is 11.3 Å². The van der Waals surface area contributed by atoms with Gasteiger partial charge in [0.25, 0.3) is 0 Å². The van der Waals surface area contributed by atoms with Crippen molar-refractivity contribution in [1.82, 2.24) is 9.97 Å². The van der Waals surface area contributed by atoms with Crippen LogP contribution in [0.4, 0.5) is 4.39 Å². The van der Waals surface area contributed by atoms with Gasteiger partial charge in [0.05, 0.1) is 12.0 Å². The minimum absolute atomic E-state index is 0.223. The van der Waals surface area contributed by atoms with Crippen LogP contribution < -0.4 is 0 Å². The van der Waals surface area contributed by atoms with E-state index >= 15 is 0 Å². The molecule has 0 spiro atoms. The lowest BCUT2D eigenvalue weighted by molar-refractivity contribution is 0.628. The SMILES string of the molecule is CCc1c(-c2c(C)cc(C)cc2F)[nH]cnc1=S. The number of aryl methyl sites for hydroxylation is 2. The lowest BCUT2D eigenvalue weighted by Crippen LogP contribution is -1.99. The molecule has 0 radical (unpaired) electrons. The van der Waals surface area contributed by atoms with Gasteiger partial charge in [0, 0.05) is 11.1 Å². The van der Waals surface area contributed by atoms with E-state index < -0.39 is 0 Å². The van der Waals surface area contributed by atoms with Crippen LogP contribution in [0.5, 0.6) is 0 Å². The van der Waals surface area contributed by atoms with Crippen molar-refractivity contribution in [3.63, 3.8) is 0 Å². The summed E-state index contributed by atoms with van der Waals surface area (Å²) in [6, 6.07) is 3.51. The summed E-state index contributed by atoms with van der Waals surface area (Å²) in [4.78, 5) is 7.08. The molecule has 4 heteroatoms. The van der Waals surface area contributed by atoms with Crippen LogP contribution in [0.1, 0.15) is 23.6 Å². The van der Waals surface area contributed by atoms with E-state index in [1.807, 2.05) is 26.8 Å². The van der Waals surface area contributed by atoms with E-state index in [0.717, 1.165) is 28.8 Å². The number of benzene rings is 1. The molecular weight excluding hydrogens is 247 g/mol. The first-order valence-electron chi connectivity index (χ1n) is 5.88. The number of halogens is 1. The van der Waals surface area contributed by atoms with Crippen molar-refractivity contribution in [3.05, 3.63) is 45.6 Å². The highest BCUT2D eigenvalue weighted by Gasteiger charge is 2.14. The number of nitrogens with zero attached hydrogens (tertiary/aromatic N) is 1. The molecule has 0 aliphatic carbocycles. The largest absolute Gasteiger partial charge is 0.345 e. The summed E-state index contributed by atoms with van der Waals surface area (Å²) >= 11 is 5.20. The van der Waals surface area contributed by atoms with Crippen molar-refractivity contribution >= 4 is 12.2 Å². The maximum atomic E-state index is 14.2. The minimum Gasteiger partial charge on any atom is -0.345 e. The fraction of sp³-hybridized carbons (Fsp3) is 0.286. The highest BCUT2D eigenvalue weighted by atomic mass is 32.1. The second-order valence-electron chi connectivity index (χ2n) is 4.35. The lowest BCUT2D eigenvalue weighted by atomic mass is 9.98. The van der Waals surface area contributed by atoms with Crippen molar-refractivity contribution < 1.29 is 4.39 Å². The van der Waals surface area contributed by atoms with Gasteiger partial charge in [-0.05, 0) is 37.5 Å². The summed E-state index contributed by atoms with van der Waals surface area (Å²) in [5, 5.41) is 0. The van der Waals surface area contributed by atoms with Gasteiger partial charge in [-0.1, -0.05) is 25.2 Å². The Morgan fingerprint density at radius 1 is 1.33 bits per heavy atom. The zero-order chi connectivity index (χ0) is 13.3. The first-order valence-corrected chi connectivity index (χ1v) is 6.29. The topological polar surface area (TPSA) is 28.7 Å². The normalized spacial score (nSPS) is 10.7. The fourth-order valence-corrected chi connectivity index (χ4v) is 2.51. The Kier molecular flexibility index (Phi) is 3.57. The average molecular weight is 262 g/mol. The number of rotatable bonds is 2. The van der Waals surface area contributed by atoms with Crippen LogP contribution >= 0.6 is 12.2 Å². The highest BCUT2D eigenvalue weighted by molar-refractivity contribution is 7.71. The third-order valence-corrected chi connectivity index (χ3v) is 3.34. The summed E-state index contributed by atoms with van der Waals surface area (Å²) in [6.07, 6.45) is 2.25. The van der Waals surface area contributed by atoms with Crippen molar-refractivity contribution in [2.75, 3.05) is 0 Å². The Balaban J connectivity index is 2.78. The van der Waals surface area contributed by atoms with Gasteiger partial charge in [-0.2, -0.15) is 0 Å². The van der Waals surface area contributed by atoms with E-state index in [9.17, 15) is 4.39 Å². The summed E-state index contributed by atoms with van der Waals surface area (Å²) in [6.45, 7) is 5.78. The molecule has 0 saturated carbocycles. The fourth-order valence-electron chi connectivity index (χ4n) is 2.21. The zero-order valence-corrected chi connectivity index (χ0v) is 11.5. The van der Waals surface area contributed by atoms with Gasteiger partial charge in [-0.3, -0.25) is 0 Å². The van der Waals surface area contributed by atoms with Crippen LogP contribution in [0, 0.1) is 24.3 Å². The number of nitrogens with one attached hydrogen (secondary N) is 1. The summed E-state index contributed by atoms with van der Waals surface area (Å²) in [7, 11) is 0. The van der Waals surface area contributed by atoms with Crippen molar-refractivity contribution in [2.45, 2.75) is 27.2 Å². The molecule has 1 heterocycles. The van der Waals surface area contributed by atoms with Crippen LogP contribution in [0.3, 0.4) is 0 Å². The minimum atomic E-state index is -0.223. The van der Waals surface area contributed by atoms with E-state index in [1.165, 1.54) is 6.33 Å². The second kappa shape index (κ2) is 4.98. The van der Waals surface area contributed by atoms with Crippen LogP contribution in [0.15, 0.2) is 18.5 Å². The summed E-state index contributed by atoms with van der Waals surface area (Å²) in [5.74, 6) is -0.223. The van der Waals surface area contributed by atoms with E-state index in [-0.39, 0.29) is 5.82 Å². The molecule has 2 aromatic rings. The van der Waals surface area contributed by atoms with Crippen LogP contribution in [-0.2, 0) is 6.42 Å². The molecule has 94 valence electrons. The second-order valence-corrected chi connectivity index (χ2v) is 4.74. The van der Waals surface area contributed by atoms with Crippen LogP contribution in [0.2, 0.25) is 0 Å². The van der Waals surface area contributed by atoms with Gasteiger partial charge in [-0.15, -0.1) is 0 Å². The standard InChI is InChI=1S/C14H15FN2S/c1-4-10-13(16-7-17-14(10)18)12-9(3)5-8(2)6-11(12)15/h5-7H,4H2,1-3H3,(H,16,17,18). The van der Waals surface area contributed by atoms with E-state index in [1.54, 1.807) is 6.07 Å². The van der Waals surface area contributed by atoms with E-state index in [0.29, 0.717) is 10.2 Å². The van der Waals surface area contributed by atoms with Gasteiger partial charge in [-0.25, -0.2) is 9.37 Å². The van der Waals surface area contributed by atoms with E-state index in [4.69, 9.17) is 12.2 Å². The van der Waals surface area contributed by atoms with Gasteiger partial charge in [0.1, 0.15) is 10.5 Å². The van der Waals surface area contributed by atoms with Crippen LogP contribution in [0.25, 0.3) is 11.3 Å². The molecule has 2 nitrogen and oxygen atoms in total. The predicted molar refractivity (Wildman–Crippen MR) is 73.7 cm³/mol. The maximum Gasteiger partial charge on any atom is 0.133 e. The Labute approximate surface area is 111 Å². The first-order chi connectivity index (χ1) is 8.54. The van der Waals surface area contributed by atoms with Crippen LogP contribution in [-0.4, -0.2) is 9.97 Å². The monoisotopic (exact) mass is 262 g/mol. The van der Waals surface area contributed by atoms with Gasteiger partial charge in [0.15, 0.2) is 0 Å². The van der Waals surface area contributed by atoms with E-state index in [2.05, 4.69) is 9.97 Å². The van der Waals surface area contributed by atoms with Gasteiger partial charge in [0.2, 0.25) is 0 Å². The predicted octanol–water partition coefficient (Wildman–Crippen LogP) is 4.12. The number of aromatic nitrogens is 2. The Morgan fingerprint density at radius 2 is 2.06 bits per heavy atom. The molecule has 18 heavy (non-hydrogen) atoms. The average Bonchev–Trinajstić information content (AvgIpc) is 2.27. The Morgan fingerprint density at radius 3 is 2.67 bits per heavy atom. The molecule has 0 bridgehead atoms. The molecule has 0 aliphatic heterocycles. The first kappa shape index (κ1) is 12.9. The number of hydrogen-bond acceptors (Lipinski definition) is 2. The number of hydrogen-bond donors (Lipinski definition) is 1.